The molecule has 0 radical (unpaired) electrons. The quantitative estimate of drug-likeness (QED) is 0.643. The van der Waals surface area contributed by atoms with E-state index >= 15 is 0 Å². The highest BCUT2D eigenvalue weighted by Crippen LogP contribution is 2.29. The van der Waals surface area contributed by atoms with E-state index in [1.165, 1.54) is 10.7 Å². The summed E-state index contributed by atoms with van der Waals surface area (Å²) in [5.41, 5.74) is 2.20. The number of pyridine rings is 1. The maximum absolute atomic E-state index is 13.3. The van der Waals surface area contributed by atoms with Gasteiger partial charge in [-0.25, -0.2) is 18.4 Å². The van der Waals surface area contributed by atoms with Crippen molar-refractivity contribution in [3.05, 3.63) is 41.0 Å². The van der Waals surface area contributed by atoms with E-state index < -0.39 is 6.43 Å². The van der Waals surface area contributed by atoms with E-state index in [1.807, 2.05) is 17.8 Å². The number of carbonyl (C=O) groups is 1. The van der Waals surface area contributed by atoms with Crippen LogP contribution in [0.25, 0.3) is 11.0 Å². The third-order valence-corrected chi connectivity index (χ3v) is 4.21. The van der Waals surface area contributed by atoms with Crippen LogP contribution in [0.4, 0.5) is 8.78 Å². The Hall–Kier alpha value is -2.84. The van der Waals surface area contributed by atoms with Gasteiger partial charge in [-0.3, -0.25) is 9.48 Å². The van der Waals surface area contributed by atoms with Crippen molar-refractivity contribution in [2.45, 2.75) is 46.7 Å². The van der Waals surface area contributed by atoms with E-state index in [-0.39, 0.29) is 18.0 Å². The van der Waals surface area contributed by atoms with Crippen molar-refractivity contribution in [3.8, 4) is 0 Å². The molecule has 3 aromatic rings. The molecule has 0 aliphatic heterocycles. The standard InChI is InChI=1S/C18H22F2N6O/c1-11-8-22-25(9-11)6-4-5-21-15(27)10-26-18-16(13(3)24-26)14(17(19)20)7-12(2)23-18/h7-9,17H,4-6,10H2,1-3H3,(H,21,27). The first kappa shape index (κ1) is 18.9. The number of nitrogens with one attached hydrogen (secondary N) is 1. The summed E-state index contributed by atoms with van der Waals surface area (Å²) in [7, 11) is 0. The molecule has 0 saturated carbocycles. The molecule has 0 aliphatic carbocycles. The van der Waals surface area contributed by atoms with Crippen LogP contribution in [0.15, 0.2) is 18.5 Å². The molecule has 0 spiro atoms. The average Bonchev–Trinajstić information content (AvgIpc) is 3.14. The normalized spacial score (nSPS) is 11.5. The zero-order valence-corrected chi connectivity index (χ0v) is 15.5. The van der Waals surface area contributed by atoms with Gasteiger partial charge in [0, 0.05) is 30.5 Å². The van der Waals surface area contributed by atoms with Crippen LogP contribution in [0.5, 0.6) is 0 Å². The lowest BCUT2D eigenvalue weighted by atomic mass is 10.1. The second-order valence-corrected chi connectivity index (χ2v) is 6.58. The van der Waals surface area contributed by atoms with E-state index in [2.05, 4.69) is 20.5 Å². The van der Waals surface area contributed by atoms with Gasteiger partial charge in [0.1, 0.15) is 6.54 Å². The van der Waals surface area contributed by atoms with Gasteiger partial charge < -0.3 is 5.32 Å². The van der Waals surface area contributed by atoms with E-state index in [0.717, 1.165) is 12.0 Å². The number of amides is 1. The summed E-state index contributed by atoms with van der Waals surface area (Å²) in [4.78, 5) is 16.5. The van der Waals surface area contributed by atoms with Gasteiger partial charge in [0.2, 0.25) is 5.91 Å². The zero-order valence-electron chi connectivity index (χ0n) is 15.5. The lowest BCUT2D eigenvalue weighted by Crippen LogP contribution is -2.29. The Morgan fingerprint density at radius 3 is 2.74 bits per heavy atom. The molecule has 3 rings (SSSR count). The molecular formula is C18H22F2N6O. The van der Waals surface area contributed by atoms with Gasteiger partial charge >= 0.3 is 0 Å². The first-order valence-corrected chi connectivity index (χ1v) is 8.73. The van der Waals surface area contributed by atoms with Crippen LogP contribution in [0.2, 0.25) is 0 Å². The molecule has 3 heterocycles. The molecule has 1 amide bonds. The molecule has 3 aromatic heterocycles. The molecule has 0 fully saturated rings. The molecule has 0 aliphatic rings. The van der Waals surface area contributed by atoms with E-state index in [4.69, 9.17) is 0 Å². The molecular weight excluding hydrogens is 354 g/mol. The molecule has 144 valence electrons. The molecule has 0 bridgehead atoms. The van der Waals surface area contributed by atoms with Gasteiger partial charge in [-0.05, 0) is 38.8 Å². The van der Waals surface area contributed by atoms with Gasteiger partial charge in [0.05, 0.1) is 17.3 Å². The third kappa shape index (κ3) is 4.29. The van der Waals surface area contributed by atoms with Crippen LogP contribution >= 0.6 is 0 Å². The van der Waals surface area contributed by atoms with E-state index in [0.29, 0.717) is 35.5 Å². The van der Waals surface area contributed by atoms with Gasteiger partial charge in [0.15, 0.2) is 5.65 Å². The minimum atomic E-state index is -2.62. The summed E-state index contributed by atoms with van der Waals surface area (Å²) in [5.74, 6) is -0.238. The third-order valence-electron chi connectivity index (χ3n) is 4.21. The van der Waals surface area contributed by atoms with Crippen LogP contribution < -0.4 is 5.32 Å². The fourth-order valence-electron chi connectivity index (χ4n) is 3.05. The molecule has 0 unspecified atom stereocenters. The number of hydrogen-bond donors (Lipinski definition) is 1. The molecule has 1 N–H and O–H groups in total. The second kappa shape index (κ2) is 7.81. The molecule has 7 nitrogen and oxygen atoms in total. The van der Waals surface area contributed by atoms with Crippen molar-refractivity contribution < 1.29 is 13.6 Å². The van der Waals surface area contributed by atoms with Crippen molar-refractivity contribution >= 4 is 16.9 Å². The van der Waals surface area contributed by atoms with Crippen LogP contribution in [-0.2, 0) is 17.9 Å². The highest BCUT2D eigenvalue weighted by atomic mass is 19.3. The summed E-state index contributed by atoms with van der Waals surface area (Å²) in [6, 6.07) is 1.36. The van der Waals surface area contributed by atoms with Gasteiger partial charge in [-0.1, -0.05) is 0 Å². The Labute approximate surface area is 155 Å². The Morgan fingerprint density at radius 2 is 2.07 bits per heavy atom. The number of aromatic nitrogens is 5. The van der Waals surface area contributed by atoms with Crippen LogP contribution in [-0.4, -0.2) is 37.0 Å². The van der Waals surface area contributed by atoms with Crippen molar-refractivity contribution in [1.82, 2.24) is 29.9 Å². The summed E-state index contributed by atoms with van der Waals surface area (Å²) in [5, 5.41) is 11.6. The lowest BCUT2D eigenvalue weighted by Gasteiger charge is -2.07. The average molecular weight is 376 g/mol. The predicted molar refractivity (Wildman–Crippen MR) is 96.5 cm³/mol. The maximum atomic E-state index is 13.3. The van der Waals surface area contributed by atoms with Gasteiger partial charge in [0.25, 0.3) is 6.43 Å². The van der Waals surface area contributed by atoms with Gasteiger partial charge in [-0.2, -0.15) is 10.2 Å². The monoisotopic (exact) mass is 376 g/mol. The Bertz CT molecular complexity index is 962. The Morgan fingerprint density at radius 1 is 1.30 bits per heavy atom. The highest BCUT2D eigenvalue weighted by molar-refractivity contribution is 5.84. The number of hydrogen-bond acceptors (Lipinski definition) is 4. The number of halogens is 2. The first-order valence-electron chi connectivity index (χ1n) is 8.73. The van der Waals surface area contributed by atoms with Crippen molar-refractivity contribution in [3.63, 3.8) is 0 Å². The minimum Gasteiger partial charge on any atom is -0.354 e. The van der Waals surface area contributed by atoms with Crippen LogP contribution in [0.1, 0.15) is 35.4 Å². The number of rotatable bonds is 7. The fourth-order valence-corrected chi connectivity index (χ4v) is 3.05. The second-order valence-electron chi connectivity index (χ2n) is 6.58. The van der Waals surface area contributed by atoms with E-state index in [1.54, 1.807) is 20.0 Å². The van der Waals surface area contributed by atoms with Crippen molar-refractivity contribution in [1.29, 1.82) is 0 Å². The lowest BCUT2D eigenvalue weighted by molar-refractivity contribution is -0.121. The predicted octanol–water partition coefficient (Wildman–Crippen LogP) is 2.70. The number of alkyl halides is 2. The summed E-state index contributed by atoms with van der Waals surface area (Å²) in [6.45, 7) is 6.39. The topological polar surface area (TPSA) is 77.6 Å². The zero-order chi connectivity index (χ0) is 19.6. The molecule has 0 atom stereocenters. The summed E-state index contributed by atoms with van der Waals surface area (Å²) >= 11 is 0. The largest absolute Gasteiger partial charge is 0.354 e. The first-order chi connectivity index (χ1) is 12.8. The smallest absolute Gasteiger partial charge is 0.264 e. The highest BCUT2D eigenvalue weighted by Gasteiger charge is 2.20. The summed E-state index contributed by atoms with van der Waals surface area (Å²) < 4.78 is 29.9. The molecule has 0 aromatic carbocycles. The maximum Gasteiger partial charge on any atom is 0.264 e. The number of nitrogens with zero attached hydrogens (tertiary/aromatic N) is 5. The molecule has 0 saturated heterocycles. The van der Waals surface area contributed by atoms with Crippen molar-refractivity contribution in [2.75, 3.05) is 6.54 Å². The Kier molecular flexibility index (Phi) is 5.48. The van der Waals surface area contributed by atoms with Crippen LogP contribution in [0.3, 0.4) is 0 Å². The minimum absolute atomic E-state index is 0.0651. The summed E-state index contributed by atoms with van der Waals surface area (Å²) in [6.07, 6.45) is 1.84. The van der Waals surface area contributed by atoms with E-state index in [9.17, 15) is 13.6 Å². The number of carbonyl (C=O) groups excluding carboxylic acids is 1. The van der Waals surface area contributed by atoms with Crippen LogP contribution in [0, 0.1) is 20.8 Å². The SMILES string of the molecule is Cc1cnn(CCCNC(=O)Cn2nc(C)c3c(C(F)F)cc(C)nc32)c1. The van der Waals surface area contributed by atoms with Crippen molar-refractivity contribution in [2.24, 2.45) is 0 Å². The number of aryl methyl sites for hydroxylation is 4. The Balaban J connectivity index is 1.64. The molecule has 27 heavy (non-hydrogen) atoms. The number of fused-ring (bicyclic) bond motifs is 1. The molecule has 9 heteroatoms. The van der Waals surface area contributed by atoms with Gasteiger partial charge in [-0.15, -0.1) is 0 Å². The fraction of sp³-hybridized carbons (Fsp3) is 0.444.